The number of phenols is 5. The first kappa shape index (κ1) is 25.2. The summed E-state index contributed by atoms with van der Waals surface area (Å²) in [6, 6.07) is 15.7. The van der Waals surface area contributed by atoms with Gasteiger partial charge in [0.2, 0.25) is 0 Å². The maximum atomic E-state index is 13.4. The molecule has 0 aliphatic carbocycles. The summed E-state index contributed by atoms with van der Waals surface area (Å²) in [7, 11) is 0. The predicted molar refractivity (Wildman–Crippen MR) is 154 cm³/mol. The fourth-order valence-corrected chi connectivity index (χ4v) is 5.57. The Morgan fingerprint density at radius 1 is 0.800 bits per heavy atom. The van der Waals surface area contributed by atoms with Gasteiger partial charge in [-0.2, -0.15) is 0 Å². The summed E-state index contributed by atoms with van der Waals surface area (Å²) in [4.78, 5) is 13.4. The molecule has 1 aromatic heterocycles. The third-order valence-electron chi connectivity index (χ3n) is 7.76. The van der Waals surface area contributed by atoms with Gasteiger partial charge in [0.05, 0.1) is 10.9 Å². The van der Waals surface area contributed by atoms with Crippen LogP contribution in [0.15, 0.2) is 59.0 Å². The number of aryl methyl sites for hydroxylation is 2. The zero-order valence-corrected chi connectivity index (χ0v) is 22.0. The largest absolute Gasteiger partial charge is 0.507 e. The fourth-order valence-electron chi connectivity index (χ4n) is 5.57. The Bertz CT molecular complexity index is 2010. The van der Waals surface area contributed by atoms with E-state index in [1.807, 2.05) is 50.2 Å². The fraction of sp³-hybridized carbons (Fsp3) is 0.156. The molecule has 1 amide bonds. The molecule has 0 bridgehead atoms. The van der Waals surface area contributed by atoms with Gasteiger partial charge in [0.1, 0.15) is 16.9 Å². The topological polar surface area (TPSA) is 143 Å². The summed E-state index contributed by atoms with van der Waals surface area (Å²) in [5, 5.41) is 58.6. The number of amides is 1. The molecule has 202 valence electrons. The van der Waals surface area contributed by atoms with Gasteiger partial charge in [-0.3, -0.25) is 4.79 Å². The van der Waals surface area contributed by atoms with Crippen molar-refractivity contribution < 1.29 is 34.7 Å². The normalized spacial score (nSPS) is 12.5. The molecular formula is C32H27NO7. The third-order valence-corrected chi connectivity index (χ3v) is 7.76. The maximum Gasteiger partial charge on any atom is 0.255 e. The van der Waals surface area contributed by atoms with E-state index in [1.165, 1.54) is 12.1 Å². The third kappa shape index (κ3) is 3.64. The highest BCUT2D eigenvalue weighted by molar-refractivity contribution is 6.24. The minimum atomic E-state index is -0.617. The van der Waals surface area contributed by atoms with Crippen LogP contribution in [0.4, 0.5) is 0 Å². The van der Waals surface area contributed by atoms with Crippen LogP contribution in [0.25, 0.3) is 43.5 Å². The monoisotopic (exact) mass is 537 g/mol. The van der Waals surface area contributed by atoms with Gasteiger partial charge < -0.3 is 35.3 Å². The van der Waals surface area contributed by atoms with E-state index in [1.54, 1.807) is 13.0 Å². The zero-order valence-electron chi connectivity index (χ0n) is 22.0. The first-order chi connectivity index (χ1) is 19.1. The molecule has 1 heterocycles. The van der Waals surface area contributed by atoms with Crippen LogP contribution < -0.4 is 5.32 Å². The average molecular weight is 538 g/mol. The molecule has 0 aliphatic heterocycles. The van der Waals surface area contributed by atoms with E-state index in [2.05, 4.69) is 5.32 Å². The van der Waals surface area contributed by atoms with Gasteiger partial charge in [0, 0.05) is 33.7 Å². The quantitative estimate of drug-likeness (QED) is 0.140. The highest BCUT2D eigenvalue weighted by Crippen LogP contribution is 2.48. The molecule has 8 heteroatoms. The summed E-state index contributed by atoms with van der Waals surface area (Å²) < 4.78 is 6.22. The first-order valence-electron chi connectivity index (χ1n) is 12.8. The van der Waals surface area contributed by atoms with E-state index in [0.29, 0.717) is 32.7 Å². The van der Waals surface area contributed by atoms with Crippen molar-refractivity contribution in [2.24, 2.45) is 0 Å². The zero-order chi connectivity index (χ0) is 28.5. The van der Waals surface area contributed by atoms with Crippen LogP contribution in [-0.2, 0) is 0 Å². The number of aromatic hydroxyl groups is 5. The minimum Gasteiger partial charge on any atom is -0.507 e. The highest BCUT2D eigenvalue weighted by Gasteiger charge is 2.26. The average Bonchev–Trinajstić information content (AvgIpc) is 3.34. The number of carbonyl (C=O) groups is 1. The Hall–Kier alpha value is -5.11. The molecule has 0 fully saturated rings. The summed E-state index contributed by atoms with van der Waals surface area (Å²) in [6.45, 7) is 5.77. The number of benzene rings is 5. The molecule has 5 aromatic carbocycles. The second kappa shape index (κ2) is 8.98. The molecule has 8 nitrogen and oxygen atoms in total. The van der Waals surface area contributed by atoms with E-state index in [9.17, 15) is 30.3 Å². The number of nitrogens with one attached hydrogen (secondary N) is 1. The summed E-state index contributed by atoms with van der Waals surface area (Å²) in [5.41, 5.74) is 2.70. The summed E-state index contributed by atoms with van der Waals surface area (Å²) in [6.07, 6.45) is 0. The van der Waals surface area contributed by atoms with Gasteiger partial charge in [0.15, 0.2) is 23.0 Å². The molecule has 6 rings (SSSR count). The number of hydrogen-bond donors (Lipinski definition) is 6. The van der Waals surface area contributed by atoms with Crippen LogP contribution in [0.5, 0.6) is 28.7 Å². The minimum absolute atomic E-state index is 0.0121. The Balaban J connectivity index is 1.56. The molecule has 6 aromatic rings. The Morgan fingerprint density at radius 2 is 1.48 bits per heavy atom. The van der Waals surface area contributed by atoms with Crippen LogP contribution in [0.3, 0.4) is 0 Å². The van der Waals surface area contributed by atoms with Crippen molar-refractivity contribution in [1.82, 2.24) is 5.32 Å². The van der Waals surface area contributed by atoms with Crippen molar-refractivity contribution in [2.45, 2.75) is 26.7 Å². The van der Waals surface area contributed by atoms with Gasteiger partial charge in [-0.05, 0) is 54.5 Å². The molecular weight excluding hydrogens is 510 g/mol. The van der Waals surface area contributed by atoms with Crippen LogP contribution in [0.2, 0.25) is 0 Å². The number of carbonyl (C=O) groups excluding carboxylic acids is 1. The number of fused-ring (bicyclic) bond motifs is 6. The number of furan rings is 1. The smallest absolute Gasteiger partial charge is 0.255 e. The van der Waals surface area contributed by atoms with Crippen molar-refractivity contribution in [1.29, 1.82) is 0 Å². The van der Waals surface area contributed by atoms with Gasteiger partial charge in [-0.15, -0.1) is 0 Å². The molecule has 1 unspecified atom stereocenters. The molecule has 0 saturated heterocycles. The lowest BCUT2D eigenvalue weighted by atomic mass is 9.95. The molecule has 0 saturated carbocycles. The van der Waals surface area contributed by atoms with Crippen molar-refractivity contribution in [3.63, 3.8) is 0 Å². The van der Waals surface area contributed by atoms with E-state index >= 15 is 0 Å². The van der Waals surface area contributed by atoms with Crippen molar-refractivity contribution in [2.75, 3.05) is 6.54 Å². The first-order valence-corrected chi connectivity index (χ1v) is 12.8. The molecule has 0 aliphatic rings. The predicted octanol–water partition coefficient (Wildman–Crippen LogP) is 6.57. The molecule has 0 radical (unpaired) electrons. The van der Waals surface area contributed by atoms with Crippen LogP contribution in [0.1, 0.15) is 39.9 Å². The van der Waals surface area contributed by atoms with E-state index in [-0.39, 0.29) is 51.6 Å². The lowest BCUT2D eigenvalue weighted by Gasteiger charge is -2.16. The number of rotatable bonds is 4. The number of phenolic OH excluding ortho intramolecular Hbond substituents is 5. The summed E-state index contributed by atoms with van der Waals surface area (Å²) in [5.74, 6) is -2.53. The van der Waals surface area contributed by atoms with Crippen molar-refractivity contribution >= 4 is 49.4 Å². The van der Waals surface area contributed by atoms with E-state index < -0.39 is 17.4 Å². The second-order valence-electron chi connectivity index (χ2n) is 10.3. The van der Waals surface area contributed by atoms with Gasteiger partial charge in [-0.25, -0.2) is 0 Å². The maximum absolute atomic E-state index is 13.4. The molecule has 0 spiro atoms. The molecule has 40 heavy (non-hydrogen) atoms. The van der Waals surface area contributed by atoms with Crippen LogP contribution in [-0.4, -0.2) is 38.0 Å². The van der Waals surface area contributed by atoms with Gasteiger partial charge in [-0.1, -0.05) is 43.3 Å². The van der Waals surface area contributed by atoms with Gasteiger partial charge in [0.25, 0.3) is 5.91 Å². The SMILES string of the molecule is Cc1c(O)c(O)cc2c1cc(C)c1c2oc2cc3c(C(=O)NCC(C)c4ccccc4)c(O)c(O)cc3c(O)c21. The van der Waals surface area contributed by atoms with E-state index in [0.717, 1.165) is 11.1 Å². The van der Waals surface area contributed by atoms with E-state index in [4.69, 9.17) is 4.42 Å². The highest BCUT2D eigenvalue weighted by atomic mass is 16.3. The van der Waals surface area contributed by atoms with Crippen molar-refractivity contribution in [3.05, 3.63) is 76.9 Å². The van der Waals surface area contributed by atoms with Crippen LogP contribution in [0, 0.1) is 13.8 Å². The van der Waals surface area contributed by atoms with Crippen molar-refractivity contribution in [3.8, 4) is 28.7 Å². The molecule has 1 atom stereocenters. The van der Waals surface area contributed by atoms with Crippen LogP contribution >= 0.6 is 0 Å². The lowest BCUT2D eigenvalue weighted by Crippen LogP contribution is -2.27. The second-order valence-corrected chi connectivity index (χ2v) is 10.3. The number of hydrogen-bond acceptors (Lipinski definition) is 7. The lowest BCUT2D eigenvalue weighted by molar-refractivity contribution is 0.0950. The molecule has 6 N–H and O–H groups in total. The van der Waals surface area contributed by atoms with Gasteiger partial charge >= 0.3 is 0 Å². The Labute approximate surface area is 228 Å². The Morgan fingerprint density at radius 3 is 2.20 bits per heavy atom. The standard InChI is InChI=1S/C32H27NO7/c1-14-9-18-16(3)28(36)22(34)11-21(18)31-25(14)27-24(40-31)12-19-20(29(27)37)10-23(35)30(38)26(19)32(39)33-13-15(2)17-7-5-4-6-8-17/h4-12,15,34-38H,13H2,1-3H3,(H,33,39). The Kier molecular flexibility index (Phi) is 5.65. The summed E-state index contributed by atoms with van der Waals surface area (Å²) >= 11 is 0.